The fourth-order valence-corrected chi connectivity index (χ4v) is 3.62. The van der Waals surface area contributed by atoms with Crippen LogP contribution in [0.2, 0.25) is 0 Å². The monoisotopic (exact) mass is 432 g/mol. The summed E-state index contributed by atoms with van der Waals surface area (Å²) in [6.07, 6.45) is -0.398. The van der Waals surface area contributed by atoms with E-state index in [1.54, 1.807) is 0 Å². The molecular weight excluding hydrogens is 412 g/mol. The minimum atomic E-state index is -4.90. The van der Waals surface area contributed by atoms with Crippen molar-refractivity contribution in [2.75, 3.05) is 25.5 Å². The molecule has 5 nitrogen and oxygen atoms in total. The quantitative estimate of drug-likeness (QED) is 0.579. The summed E-state index contributed by atoms with van der Waals surface area (Å²) >= 11 is 0. The Morgan fingerprint density at radius 1 is 1.19 bits per heavy atom. The number of fused-ring (bicyclic) bond motifs is 1. The Labute approximate surface area is 176 Å². The van der Waals surface area contributed by atoms with Crippen molar-refractivity contribution in [3.63, 3.8) is 0 Å². The van der Waals surface area contributed by atoms with Crippen molar-refractivity contribution < 1.29 is 22.7 Å². The van der Waals surface area contributed by atoms with Gasteiger partial charge in [0, 0.05) is 30.6 Å². The zero-order chi connectivity index (χ0) is 22.2. The summed E-state index contributed by atoms with van der Waals surface area (Å²) < 4.78 is 53.5. The molecule has 31 heavy (non-hydrogen) atoms. The molecule has 0 unspecified atom stereocenters. The molecular formula is C22H20F4N4O. The first-order valence-corrected chi connectivity index (χ1v) is 9.68. The third kappa shape index (κ3) is 4.46. The molecule has 0 amide bonds. The van der Waals surface area contributed by atoms with Crippen LogP contribution in [0.5, 0.6) is 5.75 Å². The predicted molar refractivity (Wildman–Crippen MR) is 110 cm³/mol. The lowest BCUT2D eigenvalue weighted by atomic mass is 9.98. The SMILES string of the molecule is CN1CC=C(c2ccc3nncc(NCc4cc(O)cc(C(F)(F)F)c4F)c3c2)CC1. The zero-order valence-electron chi connectivity index (χ0n) is 16.7. The minimum Gasteiger partial charge on any atom is -0.508 e. The highest BCUT2D eigenvalue weighted by Crippen LogP contribution is 2.35. The number of aromatic nitrogens is 2. The second kappa shape index (κ2) is 8.14. The van der Waals surface area contributed by atoms with Gasteiger partial charge in [0.25, 0.3) is 0 Å². The topological polar surface area (TPSA) is 61.3 Å². The zero-order valence-corrected chi connectivity index (χ0v) is 16.7. The standard InChI is InChI=1S/C22H20F4N4O/c1-30-6-4-13(5-7-30)14-2-3-19-17(9-14)20(12-28-29-19)27-11-15-8-16(31)10-18(21(15)23)22(24,25)26/h2-4,8-10,12,31H,5-7,11H2,1H3,(H,27,29). The average Bonchev–Trinajstić information content (AvgIpc) is 2.73. The number of nitrogens with zero attached hydrogens (tertiary/aromatic N) is 3. The van der Waals surface area contributed by atoms with Gasteiger partial charge in [0.1, 0.15) is 11.6 Å². The van der Waals surface area contributed by atoms with Crippen LogP contribution >= 0.6 is 0 Å². The lowest BCUT2D eigenvalue weighted by Crippen LogP contribution is -2.23. The van der Waals surface area contributed by atoms with Gasteiger partial charge < -0.3 is 15.3 Å². The molecule has 0 bridgehead atoms. The molecule has 3 aromatic rings. The van der Waals surface area contributed by atoms with E-state index in [4.69, 9.17) is 0 Å². The predicted octanol–water partition coefficient (Wildman–Crippen LogP) is 4.82. The molecule has 1 aliphatic rings. The highest BCUT2D eigenvalue weighted by Gasteiger charge is 2.35. The van der Waals surface area contributed by atoms with Gasteiger partial charge >= 0.3 is 6.18 Å². The van der Waals surface area contributed by atoms with Crippen molar-refractivity contribution in [1.82, 2.24) is 15.1 Å². The van der Waals surface area contributed by atoms with Crippen LogP contribution in [-0.4, -0.2) is 40.3 Å². The molecule has 1 aliphatic heterocycles. The first-order chi connectivity index (χ1) is 14.7. The number of likely N-dealkylation sites (N-methyl/N-ethyl adjacent to an activating group) is 1. The molecule has 162 valence electrons. The Hall–Kier alpha value is -3.20. The molecule has 0 aliphatic carbocycles. The summed E-state index contributed by atoms with van der Waals surface area (Å²) in [5, 5.41) is 21.3. The maximum Gasteiger partial charge on any atom is 0.419 e. The summed E-state index contributed by atoms with van der Waals surface area (Å²) in [7, 11) is 2.05. The molecule has 2 heterocycles. The van der Waals surface area contributed by atoms with Crippen molar-refractivity contribution >= 4 is 22.2 Å². The number of anilines is 1. The fraction of sp³-hybridized carbons (Fsp3) is 0.273. The average molecular weight is 432 g/mol. The van der Waals surface area contributed by atoms with Crippen molar-refractivity contribution in [3.05, 3.63) is 65.1 Å². The molecule has 2 aromatic carbocycles. The van der Waals surface area contributed by atoms with E-state index < -0.39 is 23.3 Å². The van der Waals surface area contributed by atoms with Gasteiger partial charge in [0.15, 0.2) is 0 Å². The Balaban J connectivity index is 1.65. The molecule has 0 saturated heterocycles. The van der Waals surface area contributed by atoms with Gasteiger partial charge in [-0.25, -0.2) is 4.39 Å². The minimum absolute atomic E-state index is 0.262. The van der Waals surface area contributed by atoms with Gasteiger partial charge in [-0.3, -0.25) is 0 Å². The van der Waals surface area contributed by atoms with E-state index in [1.165, 1.54) is 11.8 Å². The van der Waals surface area contributed by atoms with Crippen LogP contribution in [0.15, 0.2) is 42.6 Å². The van der Waals surface area contributed by atoms with E-state index >= 15 is 0 Å². The lowest BCUT2D eigenvalue weighted by molar-refractivity contribution is -0.140. The number of halogens is 4. The van der Waals surface area contributed by atoms with E-state index in [1.807, 2.05) is 18.2 Å². The number of nitrogens with one attached hydrogen (secondary N) is 1. The van der Waals surface area contributed by atoms with Gasteiger partial charge in [-0.15, -0.1) is 0 Å². The second-order valence-electron chi connectivity index (χ2n) is 7.55. The fourth-order valence-electron chi connectivity index (χ4n) is 3.62. The summed E-state index contributed by atoms with van der Waals surface area (Å²) in [6.45, 7) is 1.54. The Bertz CT molecular complexity index is 1160. The number of benzene rings is 2. The van der Waals surface area contributed by atoms with Gasteiger partial charge in [-0.2, -0.15) is 23.4 Å². The molecule has 0 atom stereocenters. The van der Waals surface area contributed by atoms with Crippen molar-refractivity contribution in [1.29, 1.82) is 0 Å². The number of hydrogen-bond acceptors (Lipinski definition) is 5. The Kier molecular flexibility index (Phi) is 5.53. The first-order valence-electron chi connectivity index (χ1n) is 9.68. The maximum atomic E-state index is 14.4. The molecule has 0 saturated carbocycles. The van der Waals surface area contributed by atoms with Crippen molar-refractivity contribution in [2.45, 2.75) is 19.1 Å². The largest absolute Gasteiger partial charge is 0.508 e. The van der Waals surface area contributed by atoms with Crippen LogP contribution < -0.4 is 5.32 Å². The number of hydrogen-bond donors (Lipinski definition) is 2. The smallest absolute Gasteiger partial charge is 0.419 e. The third-order valence-electron chi connectivity index (χ3n) is 5.33. The highest BCUT2D eigenvalue weighted by molar-refractivity contribution is 5.93. The van der Waals surface area contributed by atoms with Crippen LogP contribution in [0.4, 0.5) is 23.2 Å². The van der Waals surface area contributed by atoms with E-state index in [-0.39, 0.29) is 12.1 Å². The van der Waals surface area contributed by atoms with E-state index in [2.05, 4.69) is 33.5 Å². The number of aromatic hydroxyl groups is 1. The van der Waals surface area contributed by atoms with Gasteiger partial charge in [-0.05, 0) is 48.9 Å². The lowest BCUT2D eigenvalue weighted by Gasteiger charge is -2.22. The van der Waals surface area contributed by atoms with Crippen LogP contribution in [0, 0.1) is 5.82 Å². The molecule has 2 N–H and O–H groups in total. The summed E-state index contributed by atoms with van der Waals surface area (Å²) in [5.74, 6) is -2.07. The summed E-state index contributed by atoms with van der Waals surface area (Å²) in [5.41, 5.74) is 1.55. The molecule has 0 fully saturated rings. The molecule has 1 aromatic heterocycles. The van der Waals surface area contributed by atoms with Crippen molar-refractivity contribution in [3.8, 4) is 5.75 Å². The Morgan fingerprint density at radius 3 is 2.71 bits per heavy atom. The van der Waals surface area contributed by atoms with Gasteiger partial charge in [-0.1, -0.05) is 12.1 Å². The molecule has 0 spiro atoms. The Morgan fingerprint density at radius 2 is 2.00 bits per heavy atom. The molecule has 0 radical (unpaired) electrons. The normalized spacial score (nSPS) is 15.2. The highest BCUT2D eigenvalue weighted by atomic mass is 19.4. The van der Waals surface area contributed by atoms with Crippen LogP contribution in [0.25, 0.3) is 16.5 Å². The van der Waals surface area contributed by atoms with Crippen molar-refractivity contribution in [2.24, 2.45) is 0 Å². The van der Waals surface area contributed by atoms with Crippen LogP contribution in [0.3, 0.4) is 0 Å². The maximum absolute atomic E-state index is 14.4. The van der Waals surface area contributed by atoms with Crippen LogP contribution in [0.1, 0.15) is 23.1 Å². The number of phenols is 1. The number of alkyl halides is 3. The van der Waals surface area contributed by atoms with E-state index in [0.29, 0.717) is 17.3 Å². The first kappa shape index (κ1) is 21.0. The molecule has 9 heteroatoms. The molecule has 4 rings (SSSR count). The van der Waals surface area contributed by atoms with Crippen LogP contribution in [-0.2, 0) is 12.7 Å². The van der Waals surface area contributed by atoms with E-state index in [0.717, 1.165) is 36.5 Å². The number of rotatable bonds is 4. The number of phenolic OH excluding ortho intramolecular Hbond substituents is 1. The summed E-state index contributed by atoms with van der Waals surface area (Å²) in [6, 6.07) is 7.09. The second-order valence-corrected chi connectivity index (χ2v) is 7.55. The van der Waals surface area contributed by atoms with E-state index in [9.17, 15) is 22.7 Å². The summed E-state index contributed by atoms with van der Waals surface area (Å²) in [4.78, 5) is 2.21. The van der Waals surface area contributed by atoms with Gasteiger partial charge in [0.2, 0.25) is 0 Å². The third-order valence-corrected chi connectivity index (χ3v) is 5.33. The van der Waals surface area contributed by atoms with Gasteiger partial charge in [0.05, 0.1) is 23.0 Å².